The fourth-order valence-corrected chi connectivity index (χ4v) is 3.06. The molecule has 0 unspecified atom stereocenters. The van der Waals surface area contributed by atoms with Crippen molar-refractivity contribution in [2.24, 2.45) is 5.92 Å². The molecule has 0 spiro atoms. The van der Waals surface area contributed by atoms with Gasteiger partial charge < -0.3 is 10.1 Å². The second kappa shape index (κ2) is 9.04. The monoisotopic (exact) mass is 352 g/mol. The van der Waals surface area contributed by atoms with Crippen LogP contribution in [0.2, 0.25) is 0 Å². The Labute approximate surface area is 148 Å². The first-order valence-electron chi connectivity index (χ1n) is 8.43. The number of amides is 1. The van der Waals surface area contributed by atoms with Crippen LogP contribution in [0.4, 0.5) is 0 Å². The van der Waals surface area contributed by atoms with Crippen LogP contribution in [0.1, 0.15) is 51.1 Å². The molecule has 5 nitrogen and oxygen atoms in total. The van der Waals surface area contributed by atoms with Crippen LogP contribution >= 0.6 is 11.8 Å². The number of esters is 1. The van der Waals surface area contributed by atoms with Crippen molar-refractivity contribution in [1.82, 2.24) is 10.2 Å². The van der Waals surface area contributed by atoms with Crippen molar-refractivity contribution in [3.8, 4) is 0 Å². The molecule has 0 heterocycles. The molecule has 1 amide bonds. The van der Waals surface area contributed by atoms with Crippen LogP contribution in [0.15, 0.2) is 30.3 Å². The number of benzene rings is 1. The van der Waals surface area contributed by atoms with Gasteiger partial charge in [0.2, 0.25) is 5.91 Å². The maximum atomic E-state index is 12.7. The lowest BCUT2D eigenvalue weighted by Gasteiger charge is -2.28. The van der Waals surface area contributed by atoms with Crippen LogP contribution in [0.5, 0.6) is 0 Å². The number of hydrogen-bond acceptors (Lipinski definition) is 4. The van der Waals surface area contributed by atoms with Gasteiger partial charge in [0.1, 0.15) is 6.10 Å². The maximum absolute atomic E-state index is 12.7. The number of ether oxygens (including phenoxy) is 1. The van der Waals surface area contributed by atoms with E-state index in [2.05, 4.69) is 17.1 Å². The van der Waals surface area contributed by atoms with E-state index in [9.17, 15) is 9.59 Å². The Morgan fingerprint density at radius 3 is 2.58 bits per heavy atom. The zero-order valence-corrected chi connectivity index (χ0v) is 14.9. The Kier molecular flexibility index (Phi) is 7.06. The second-order valence-corrected chi connectivity index (χ2v) is 6.73. The highest BCUT2D eigenvalue weighted by Crippen LogP contribution is 2.27. The molecule has 4 atom stereocenters. The third-order valence-electron chi connectivity index (χ3n) is 4.38. The predicted molar refractivity (Wildman–Crippen MR) is 93.3 cm³/mol. The topological polar surface area (TPSA) is 67.4 Å². The number of nitrogens with one attached hydrogen (secondary N) is 2. The standard InChI is InChI=1S/C18H25ClN2O3/c1-12-7-6-10-15(11-12)24-18(23)16(14-8-4-3-5-9-14)20-17(22)13(2)21-19/h3-5,8-9,12-13,15-16,21H,6-7,10-11H2,1-2H3,(H,20,22)/t12-,13-,15+,16+/m1/s1. The molecule has 2 N–H and O–H groups in total. The minimum absolute atomic E-state index is 0.0760. The van der Waals surface area contributed by atoms with Gasteiger partial charge in [0.25, 0.3) is 0 Å². The summed E-state index contributed by atoms with van der Waals surface area (Å²) in [5.41, 5.74) is 0.696. The molecule has 1 saturated carbocycles. The van der Waals surface area contributed by atoms with Crippen LogP contribution in [0.3, 0.4) is 0 Å². The van der Waals surface area contributed by atoms with Gasteiger partial charge in [-0.3, -0.25) is 4.79 Å². The van der Waals surface area contributed by atoms with E-state index >= 15 is 0 Å². The molecule has 1 aromatic rings. The first-order chi connectivity index (χ1) is 11.5. The number of halogens is 1. The summed E-state index contributed by atoms with van der Waals surface area (Å²) in [4.78, 5) is 27.2. The van der Waals surface area contributed by atoms with E-state index in [4.69, 9.17) is 16.5 Å². The lowest BCUT2D eigenvalue weighted by atomic mass is 9.88. The van der Waals surface area contributed by atoms with E-state index in [1.54, 1.807) is 19.1 Å². The van der Waals surface area contributed by atoms with Gasteiger partial charge in [0.15, 0.2) is 6.04 Å². The molecule has 1 aromatic carbocycles. The SMILES string of the molecule is C[C@@H]1CCC[C@H](OC(=O)[C@@H](NC(=O)[C@@H](C)NCl)c2ccccc2)C1. The molecule has 2 rings (SSSR count). The van der Waals surface area contributed by atoms with E-state index in [1.807, 2.05) is 18.2 Å². The van der Waals surface area contributed by atoms with Crippen molar-refractivity contribution in [1.29, 1.82) is 0 Å². The first-order valence-corrected chi connectivity index (χ1v) is 8.81. The molecule has 132 valence electrons. The van der Waals surface area contributed by atoms with Gasteiger partial charge in [0.05, 0.1) is 6.04 Å². The van der Waals surface area contributed by atoms with Gasteiger partial charge in [-0.2, -0.15) is 0 Å². The molecule has 1 aliphatic rings. The summed E-state index contributed by atoms with van der Waals surface area (Å²) >= 11 is 5.50. The third-order valence-corrected chi connectivity index (χ3v) is 4.71. The summed E-state index contributed by atoms with van der Waals surface area (Å²) in [6.45, 7) is 3.79. The highest BCUT2D eigenvalue weighted by Gasteiger charge is 2.29. The smallest absolute Gasteiger partial charge is 0.333 e. The molecule has 6 heteroatoms. The van der Waals surface area contributed by atoms with Gasteiger partial charge in [-0.15, -0.1) is 0 Å². The van der Waals surface area contributed by atoms with Crippen molar-refractivity contribution in [3.05, 3.63) is 35.9 Å². The van der Waals surface area contributed by atoms with Gasteiger partial charge in [-0.25, -0.2) is 9.63 Å². The van der Waals surface area contributed by atoms with Gasteiger partial charge in [-0.1, -0.05) is 43.7 Å². The minimum Gasteiger partial charge on any atom is -0.461 e. The van der Waals surface area contributed by atoms with Crippen molar-refractivity contribution in [2.45, 2.75) is 57.7 Å². The lowest BCUT2D eigenvalue weighted by molar-refractivity contribution is -0.155. The van der Waals surface area contributed by atoms with E-state index in [1.165, 1.54) is 6.42 Å². The van der Waals surface area contributed by atoms with Crippen molar-refractivity contribution in [3.63, 3.8) is 0 Å². The van der Waals surface area contributed by atoms with Crippen LogP contribution in [0, 0.1) is 5.92 Å². The first kappa shape index (κ1) is 18.7. The fourth-order valence-electron chi connectivity index (χ4n) is 2.96. The molecule has 0 bridgehead atoms. The zero-order valence-electron chi connectivity index (χ0n) is 14.1. The Bertz CT molecular complexity index is 552. The maximum Gasteiger partial charge on any atom is 0.333 e. The van der Waals surface area contributed by atoms with Gasteiger partial charge >= 0.3 is 5.97 Å². The minimum atomic E-state index is -0.830. The van der Waals surface area contributed by atoms with Crippen LogP contribution < -0.4 is 10.2 Å². The summed E-state index contributed by atoms with van der Waals surface area (Å²) in [6.07, 6.45) is 3.92. The number of carbonyl (C=O) groups excluding carboxylic acids is 2. The lowest BCUT2D eigenvalue weighted by Crippen LogP contribution is -2.44. The Morgan fingerprint density at radius 1 is 1.25 bits per heavy atom. The summed E-state index contributed by atoms with van der Waals surface area (Å²) in [7, 11) is 0. The third kappa shape index (κ3) is 5.21. The summed E-state index contributed by atoms with van der Waals surface area (Å²) in [5.74, 6) is -0.218. The van der Waals surface area contributed by atoms with Gasteiger partial charge in [0, 0.05) is 0 Å². The Balaban J connectivity index is 2.09. The summed E-state index contributed by atoms with van der Waals surface area (Å²) in [6, 6.07) is 7.67. The molecule has 1 aliphatic carbocycles. The highest BCUT2D eigenvalue weighted by atomic mass is 35.5. The molecular formula is C18H25ClN2O3. The molecule has 0 saturated heterocycles. The Morgan fingerprint density at radius 2 is 1.96 bits per heavy atom. The van der Waals surface area contributed by atoms with E-state index in [-0.39, 0.29) is 12.0 Å². The fraction of sp³-hybridized carbons (Fsp3) is 0.556. The normalized spacial score (nSPS) is 23.1. The zero-order chi connectivity index (χ0) is 17.5. The Hall–Kier alpha value is -1.59. The number of carbonyl (C=O) groups is 2. The van der Waals surface area contributed by atoms with Crippen LogP contribution in [-0.2, 0) is 14.3 Å². The van der Waals surface area contributed by atoms with Gasteiger partial charge in [-0.05, 0) is 49.4 Å². The van der Waals surface area contributed by atoms with Crippen molar-refractivity contribution in [2.75, 3.05) is 0 Å². The molecule has 1 fully saturated rings. The van der Waals surface area contributed by atoms with E-state index in [0.29, 0.717) is 11.5 Å². The quantitative estimate of drug-likeness (QED) is 0.610. The van der Waals surface area contributed by atoms with Crippen LogP contribution in [0.25, 0.3) is 0 Å². The van der Waals surface area contributed by atoms with Crippen LogP contribution in [-0.4, -0.2) is 24.0 Å². The average molecular weight is 353 g/mol. The van der Waals surface area contributed by atoms with E-state index < -0.39 is 18.1 Å². The molecule has 24 heavy (non-hydrogen) atoms. The van der Waals surface area contributed by atoms with E-state index in [0.717, 1.165) is 19.3 Å². The molecule has 0 aromatic heterocycles. The summed E-state index contributed by atoms with van der Waals surface area (Å²) in [5, 5.41) is 2.72. The molecule has 0 aliphatic heterocycles. The highest BCUT2D eigenvalue weighted by molar-refractivity contribution is 6.15. The van der Waals surface area contributed by atoms with Crippen molar-refractivity contribution < 1.29 is 14.3 Å². The summed E-state index contributed by atoms with van der Waals surface area (Å²) < 4.78 is 5.69. The average Bonchev–Trinajstić information content (AvgIpc) is 2.59. The van der Waals surface area contributed by atoms with Crippen molar-refractivity contribution >= 4 is 23.7 Å². The molecule has 0 radical (unpaired) electrons. The molecular weight excluding hydrogens is 328 g/mol. The largest absolute Gasteiger partial charge is 0.461 e. The number of rotatable bonds is 6. The predicted octanol–water partition coefficient (Wildman–Crippen LogP) is 3.10. The number of hydrogen-bond donors (Lipinski definition) is 2. The second-order valence-electron chi connectivity index (χ2n) is 6.51.